The van der Waals surface area contributed by atoms with Crippen LogP contribution < -0.4 is 4.74 Å². The number of hydrogen-bond donors (Lipinski definition) is 0. The second-order valence-corrected chi connectivity index (χ2v) is 3.98. The number of ether oxygens (including phenoxy) is 2. The Morgan fingerprint density at radius 1 is 1.19 bits per heavy atom. The van der Waals surface area contributed by atoms with Gasteiger partial charge in [-0.15, -0.1) is 0 Å². The van der Waals surface area contributed by atoms with Crippen molar-refractivity contribution in [2.75, 3.05) is 40.5 Å². The van der Waals surface area contributed by atoms with Crippen molar-refractivity contribution in [1.29, 1.82) is 0 Å². The topological polar surface area (TPSA) is 21.7 Å². The van der Waals surface area contributed by atoms with Crippen molar-refractivity contribution in [2.45, 2.75) is 0 Å². The number of halogens is 1. The lowest BCUT2D eigenvalue weighted by Crippen LogP contribution is -2.27. The lowest BCUT2D eigenvalue weighted by atomic mass is 10.3. The van der Waals surface area contributed by atoms with Crippen molar-refractivity contribution in [3.63, 3.8) is 0 Å². The SMILES string of the molecule is COCCN(C)CCOc1ccccc1Cl. The summed E-state index contributed by atoms with van der Waals surface area (Å²) in [5.41, 5.74) is 0. The van der Waals surface area contributed by atoms with Crippen LogP contribution in [0.5, 0.6) is 5.75 Å². The molecule has 1 rings (SSSR count). The van der Waals surface area contributed by atoms with Gasteiger partial charge in [0.1, 0.15) is 12.4 Å². The number of methoxy groups -OCH3 is 1. The maximum Gasteiger partial charge on any atom is 0.137 e. The van der Waals surface area contributed by atoms with Crippen LogP contribution in [0.4, 0.5) is 0 Å². The zero-order valence-electron chi connectivity index (χ0n) is 9.78. The molecule has 1 aromatic rings. The average Bonchev–Trinajstić information content (AvgIpc) is 2.29. The minimum absolute atomic E-state index is 0.629. The van der Waals surface area contributed by atoms with E-state index in [4.69, 9.17) is 21.1 Å². The van der Waals surface area contributed by atoms with Crippen LogP contribution in [-0.2, 0) is 4.74 Å². The largest absolute Gasteiger partial charge is 0.491 e. The maximum absolute atomic E-state index is 5.96. The molecule has 0 bridgehead atoms. The van der Waals surface area contributed by atoms with E-state index < -0.39 is 0 Å². The Kier molecular flexibility index (Phi) is 6.23. The predicted octanol–water partition coefficient (Wildman–Crippen LogP) is 2.30. The molecule has 0 aliphatic rings. The summed E-state index contributed by atoms with van der Waals surface area (Å²) < 4.78 is 10.6. The van der Waals surface area contributed by atoms with E-state index >= 15 is 0 Å². The summed E-state index contributed by atoms with van der Waals surface area (Å²) >= 11 is 5.96. The van der Waals surface area contributed by atoms with Gasteiger partial charge in [0.15, 0.2) is 0 Å². The molecule has 0 spiro atoms. The van der Waals surface area contributed by atoms with Crippen LogP contribution in [-0.4, -0.2) is 45.4 Å². The molecule has 0 saturated carbocycles. The van der Waals surface area contributed by atoms with E-state index in [0.717, 1.165) is 25.4 Å². The van der Waals surface area contributed by atoms with Gasteiger partial charge in [-0.25, -0.2) is 0 Å². The van der Waals surface area contributed by atoms with E-state index in [1.165, 1.54) is 0 Å². The summed E-state index contributed by atoms with van der Waals surface area (Å²) in [5.74, 6) is 0.740. The highest BCUT2D eigenvalue weighted by molar-refractivity contribution is 6.32. The summed E-state index contributed by atoms with van der Waals surface area (Å²) in [5, 5.41) is 0.655. The number of likely N-dealkylation sites (N-methyl/N-ethyl adjacent to an activating group) is 1. The van der Waals surface area contributed by atoms with Gasteiger partial charge >= 0.3 is 0 Å². The van der Waals surface area contributed by atoms with Crippen LogP contribution in [0.25, 0.3) is 0 Å². The van der Waals surface area contributed by atoms with Gasteiger partial charge < -0.3 is 14.4 Å². The van der Waals surface area contributed by atoms with E-state index in [-0.39, 0.29) is 0 Å². The van der Waals surface area contributed by atoms with Gasteiger partial charge in [-0.2, -0.15) is 0 Å². The first-order valence-corrected chi connectivity index (χ1v) is 5.66. The highest BCUT2D eigenvalue weighted by atomic mass is 35.5. The highest BCUT2D eigenvalue weighted by Gasteiger charge is 2.01. The molecule has 0 unspecified atom stereocenters. The van der Waals surface area contributed by atoms with Crippen LogP contribution in [0, 0.1) is 0 Å². The van der Waals surface area contributed by atoms with Gasteiger partial charge in [0.05, 0.1) is 11.6 Å². The number of para-hydroxylation sites is 1. The second kappa shape index (κ2) is 7.49. The Bertz CT molecular complexity index is 307. The lowest BCUT2D eigenvalue weighted by Gasteiger charge is -2.16. The van der Waals surface area contributed by atoms with Crippen LogP contribution in [0.2, 0.25) is 5.02 Å². The van der Waals surface area contributed by atoms with Crippen molar-refractivity contribution < 1.29 is 9.47 Å². The predicted molar refractivity (Wildman–Crippen MR) is 66.3 cm³/mol. The van der Waals surface area contributed by atoms with Gasteiger partial charge in [0, 0.05) is 20.2 Å². The molecule has 1 aromatic carbocycles. The standard InChI is InChI=1S/C12H18ClNO2/c1-14(7-9-15-2)8-10-16-12-6-4-3-5-11(12)13/h3-6H,7-10H2,1-2H3. The van der Waals surface area contributed by atoms with Crippen LogP contribution in [0.15, 0.2) is 24.3 Å². The number of nitrogens with zero attached hydrogens (tertiary/aromatic N) is 1. The zero-order valence-corrected chi connectivity index (χ0v) is 10.5. The van der Waals surface area contributed by atoms with E-state index in [1.54, 1.807) is 7.11 Å². The van der Waals surface area contributed by atoms with E-state index in [1.807, 2.05) is 31.3 Å². The number of hydrogen-bond acceptors (Lipinski definition) is 3. The monoisotopic (exact) mass is 243 g/mol. The molecule has 0 heterocycles. The molecule has 0 radical (unpaired) electrons. The number of rotatable bonds is 7. The quantitative estimate of drug-likeness (QED) is 0.734. The molecule has 0 aromatic heterocycles. The van der Waals surface area contributed by atoms with Gasteiger partial charge in [-0.05, 0) is 19.2 Å². The molecule has 0 aliphatic heterocycles. The smallest absolute Gasteiger partial charge is 0.137 e. The molecule has 16 heavy (non-hydrogen) atoms. The third kappa shape index (κ3) is 4.84. The Morgan fingerprint density at radius 3 is 2.56 bits per heavy atom. The maximum atomic E-state index is 5.96. The van der Waals surface area contributed by atoms with Crippen molar-refractivity contribution >= 4 is 11.6 Å². The molecule has 0 aliphatic carbocycles. The molecule has 0 saturated heterocycles. The summed E-state index contributed by atoms with van der Waals surface area (Å²) in [6, 6.07) is 7.50. The highest BCUT2D eigenvalue weighted by Crippen LogP contribution is 2.22. The van der Waals surface area contributed by atoms with Gasteiger partial charge in [-0.1, -0.05) is 23.7 Å². The summed E-state index contributed by atoms with van der Waals surface area (Å²) in [7, 11) is 3.74. The van der Waals surface area contributed by atoms with Crippen LogP contribution >= 0.6 is 11.6 Å². The summed E-state index contributed by atoms with van der Waals surface area (Å²) in [4.78, 5) is 2.15. The molecular formula is C12H18ClNO2. The van der Waals surface area contributed by atoms with Crippen molar-refractivity contribution in [1.82, 2.24) is 4.90 Å². The number of benzene rings is 1. The molecule has 0 atom stereocenters. The van der Waals surface area contributed by atoms with Gasteiger partial charge in [0.2, 0.25) is 0 Å². The van der Waals surface area contributed by atoms with Crippen molar-refractivity contribution in [3.05, 3.63) is 29.3 Å². The fourth-order valence-electron chi connectivity index (χ4n) is 1.23. The van der Waals surface area contributed by atoms with E-state index in [2.05, 4.69) is 4.90 Å². The minimum Gasteiger partial charge on any atom is -0.491 e. The van der Waals surface area contributed by atoms with E-state index in [9.17, 15) is 0 Å². The Morgan fingerprint density at radius 2 is 1.88 bits per heavy atom. The Balaban J connectivity index is 2.23. The molecule has 90 valence electrons. The molecular weight excluding hydrogens is 226 g/mol. The fourth-order valence-corrected chi connectivity index (χ4v) is 1.42. The zero-order chi connectivity index (χ0) is 11.8. The second-order valence-electron chi connectivity index (χ2n) is 3.57. The van der Waals surface area contributed by atoms with Crippen molar-refractivity contribution in [3.8, 4) is 5.75 Å². The van der Waals surface area contributed by atoms with Crippen molar-refractivity contribution in [2.24, 2.45) is 0 Å². The van der Waals surface area contributed by atoms with E-state index in [0.29, 0.717) is 11.6 Å². The molecule has 0 amide bonds. The lowest BCUT2D eigenvalue weighted by molar-refractivity contribution is 0.150. The normalized spacial score (nSPS) is 10.8. The Labute approximate surface area is 102 Å². The third-order valence-corrected chi connectivity index (χ3v) is 2.56. The first kappa shape index (κ1) is 13.3. The fraction of sp³-hybridized carbons (Fsp3) is 0.500. The van der Waals surface area contributed by atoms with Gasteiger partial charge in [0.25, 0.3) is 0 Å². The summed E-state index contributed by atoms with van der Waals surface area (Å²) in [6.45, 7) is 3.13. The molecule has 0 fully saturated rings. The molecule has 4 heteroatoms. The minimum atomic E-state index is 0.629. The summed E-state index contributed by atoms with van der Waals surface area (Å²) in [6.07, 6.45) is 0. The molecule has 0 N–H and O–H groups in total. The Hall–Kier alpha value is -0.770. The van der Waals surface area contributed by atoms with Crippen LogP contribution in [0.3, 0.4) is 0 Å². The first-order chi connectivity index (χ1) is 7.74. The first-order valence-electron chi connectivity index (χ1n) is 5.29. The van der Waals surface area contributed by atoms with Gasteiger partial charge in [-0.3, -0.25) is 0 Å². The third-order valence-electron chi connectivity index (χ3n) is 2.24. The molecule has 3 nitrogen and oxygen atoms in total. The van der Waals surface area contributed by atoms with Crippen LogP contribution in [0.1, 0.15) is 0 Å². The average molecular weight is 244 g/mol.